The maximum absolute atomic E-state index is 10.8. The van der Waals surface area contributed by atoms with Crippen LogP contribution in [-0.4, -0.2) is 10.1 Å². The van der Waals surface area contributed by atoms with Crippen LogP contribution in [0.25, 0.3) is 11.5 Å². The standard InChI is InChI=1S/C19H15ClN2OS2/c1-13-14(20)7-5-8-15(13)21-19(24)17(22-10-3-2-4-11-22)18(23)16-9-6-12-25-16/h2-12H,1H3,(H-,21,23,24)/p+1. The minimum atomic E-state index is 0.128. The first-order valence-corrected chi connectivity index (χ1v) is 9.25. The Morgan fingerprint density at radius 3 is 2.56 bits per heavy atom. The van der Waals surface area contributed by atoms with E-state index in [2.05, 4.69) is 5.32 Å². The molecule has 3 rings (SSSR count). The lowest BCUT2D eigenvalue weighted by Gasteiger charge is -2.12. The van der Waals surface area contributed by atoms with Crippen molar-refractivity contribution in [3.8, 4) is 0 Å². The Bertz CT molecular complexity index is 922. The topological polar surface area (TPSA) is 36.1 Å². The lowest BCUT2D eigenvalue weighted by Crippen LogP contribution is -2.38. The molecule has 0 saturated carbocycles. The van der Waals surface area contributed by atoms with Gasteiger partial charge in [-0.2, -0.15) is 4.57 Å². The molecule has 0 aliphatic heterocycles. The number of halogens is 1. The summed E-state index contributed by atoms with van der Waals surface area (Å²) in [7, 11) is 0. The molecule has 3 aromatic rings. The van der Waals surface area contributed by atoms with Crippen LogP contribution in [0.4, 0.5) is 5.69 Å². The van der Waals surface area contributed by atoms with Gasteiger partial charge in [-0.25, -0.2) is 0 Å². The van der Waals surface area contributed by atoms with E-state index in [4.69, 9.17) is 23.8 Å². The molecule has 3 nitrogen and oxygen atoms in total. The van der Waals surface area contributed by atoms with Crippen LogP contribution in [0.15, 0.2) is 66.3 Å². The second-order valence-corrected chi connectivity index (χ2v) is 7.09. The number of aromatic nitrogens is 1. The van der Waals surface area contributed by atoms with Gasteiger partial charge in [0, 0.05) is 22.8 Å². The third kappa shape index (κ3) is 3.90. The summed E-state index contributed by atoms with van der Waals surface area (Å²) in [4.78, 5) is 1.16. The van der Waals surface area contributed by atoms with Gasteiger partial charge in [-0.1, -0.05) is 42.0 Å². The SMILES string of the molecule is Cc1c(Cl)cccc1NC(=S)/C(=C(\O)c1cccs1)[n+]1ccccc1. The minimum Gasteiger partial charge on any atom is -0.501 e. The molecule has 0 amide bonds. The van der Waals surface area contributed by atoms with E-state index in [1.807, 2.05) is 73.2 Å². The first-order chi connectivity index (χ1) is 12.1. The number of anilines is 1. The lowest BCUT2D eigenvalue weighted by atomic mass is 10.2. The van der Waals surface area contributed by atoms with E-state index in [-0.39, 0.29) is 5.76 Å². The molecule has 0 bridgehead atoms. The summed E-state index contributed by atoms with van der Waals surface area (Å²) in [6.45, 7) is 1.92. The van der Waals surface area contributed by atoms with E-state index < -0.39 is 0 Å². The summed E-state index contributed by atoms with van der Waals surface area (Å²) in [6, 6.07) is 15.0. The zero-order valence-corrected chi connectivity index (χ0v) is 15.8. The predicted octanol–water partition coefficient (Wildman–Crippen LogP) is 5.32. The zero-order valence-electron chi connectivity index (χ0n) is 13.4. The third-order valence-electron chi connectivity index (χ3n) is 3.68. The number of nitrogens with zero attached hydrogens (tertiary/aromatic N) is 1. The van der Waals surface area contributed by atoms with Crippen LogP contribution < -0.4 is 9.88 Å². The van der Waals surface area contributed by atoms with Gasteiger partial charge in [-0.05, 0) is 36.1 Å². The van der Waals surface area contributed by atoms with Crippen molar-refractivity contribution < 1.29 is 9.67 Å². The van der Waals surface area contributed by atoms with Crippen molar-refractivity contribution >= 4 is 57.3 Å². The molecular weight excluding hydrogens is 372 g/mol. The van der Waals surface area contributed by atoms with Crippen LogP contribution in [0.2, 0.25) is 5.02 Å². The number of hydrogen-bond donors (Lipinski definition) is 2. The quantitative estimate of drug-likeness (QED) is 0.275. The van der Waals surface area contributed by atoms with E-state index in [9.17, 15) is 5.11 Å². The Morgan fingerprint density at radius 2 is 1.88 bits per heavy atom. The summed E-state index contributed by atoms with van der Waals surface area (Å²) in [6.07, 6.45) is 3.69. The third-order valence-corrected chi connectivity index (χ3v) is 5.27. The maximum Gasteiger partial charge on any atom is 0.289 e. The van der Waals surface area contributed by atoms with E-state index in [1.54, 1.807) is 4.57 Å². The summed E-state index contributed by atoms with van der Waals surface area (Å²) in [5.41, 5.74) is 2.22. The molecule has 0 aliphatic carbocycles. The number of aliphatic hydroxyl groups is 1. The molecule has 1 aromatic carbocycles. The first-order valence-electron chi connectivity index (χ1n) is 7.58. The first kappa shape index (κ1) is 17.6. The fraction of sp³-hybridized carbons (Fsp3) is 0.0526. The molecule has 126 valence electrons. The number of thiophene rings is 1. The number of benzene rings is 1. The van der Waals surface area contributed by atoms with Crippen LogP contribution >= 0.6 is 35.2 Å². The molecule has 0 unspecified atom stereocenters. The number of hydrogen-bond acceptors (Lipinski definition) is 3. The van der Waals surface area contributed by atoms with Crippen molar-refractivity contribution in [2.45, 2.75) is 6.92 Å². The summed E-state index contributed by atoms with van der Waals surface area (Å²) in [5, 5.41) is 16.6. The van der Waals surface area contributed by atoms with Gasteiger partial charge in [0.1, 0.15) is 0 Å². The van der Waals surface area contributed by atoms with Crippen LogP contribution in [0.3, 0.4) is 0 Å². The van der Waals surface area contributed by atoms with E-state index in [0.717, 1.165) is 16.1 Å². The fourth-order valence-electron chi connectivity index (χ4n) is 2.35. The molecule has 0 spiro atoms. The van der Waals surface area contributed by atoms with Gasteiger partial charge in [0.05, 0.1) is 4.88 Å². The van der Waals surface area contributed by atoms with Crippen molar-refractivity contribution in [3.63, 3.8) is 0 Å². The van der Waals surface area contributed by atoms with Crippen LogP contribution in [0.5, 0.6) is 0 Å². The van der Waals surface area contributed by atoms with Crippen molar-refractivity contribution in [1.82, 2.24) is 0 Å². The van der Waals surface area contributed by atoms with E-state index in [1.165, 1.54) is 11.3 Å². The summed E-state index contributed by atoms with van der Waals surface area (Å²) >= 11 is 13.2. The summed E-state index contributed by atoms with van der Waals surface area (Å²) in [5.74, 6) is 0.128. The second-order valence-electron chi connectivity index (χ2n) is 5.32. The van der Waals surface area contributed by atoms with Gasteiger partial charge < -0.3 is 10.4 Å². The molecule has 0 aliphatic rings. The molecule has 2 N–H and O–H groups in total. The number of thiocarbonyl (C=S) groups is 1. The average molecular weight is 388 g/mol. The Morgan fingerprint density at radius 1 is 1.12 bits per heavy atom. The molecule has 0 saturated heterocycles. The van der Waals surface area contributed by atoms with Crippen molar-refractivity contribution in [1.29, 1.82) is 0 Å². The highest BCUT2D eigenvalue weighted by molar-refractivity contribution is 7.81. The van der Waals surface area contributed by atoms with Crippen molar-refractivity contribution in [2.24, 2.45) is 0 Å². The maximum atomic E-state index is 10.8. The van der Waals surface area contributed by atoms with E-state index in [0.29, 0.717) is 15.7 Å². The second kappa shape index (κ2) is 7.78. The Hall–Kier alpha value is -2.21. The summed E-state index contributed by atoms with van der Waals surface area (Å²) < 4.78 is 1.80. The Balaban J connectivity index is 2.05. The highest BCUT2D eigenvalue weighted by Crippen LogP contribution is 2.26. The monoisotopic (exact) mass is 387 g/mol. The average Bonchev–Trinajstić information content (AvgIpc) is 3.15. The molecule has 2 heterocycles. The Labute approximate surface area is 160 Å². The van der Waals surface area contributed by atoms with Gasteiger partial charge in [0.2, 0.25) is 5.76 Å². The molecular formula is C19H16ClN2OS2+. The highest BCUT2D eigenvalue weighted by Gasteiger charge is 2.24. The highest BCUT2D eigenvalue weighted by atomic mass is 35.5. The molecule has 0 radical (unpaired) electrons. The predicted molar refractivity (Wildman–Crippen MR) is 109 cm³/mol. The van der Waals surface area contributed by atoms with Crippen molar-refractivity contribution in [2.75, 3.05) is 5.32 Å². The van der Waals surface area contributed by atoms with Gasteiger partial charge in [0.25, 0.3) is 5.70 Å². The number of nitrogens with one attached hydrogen (secondary N) is 1. The van der Waals surface area contributed by atoms with E-state index >= 15 is 0 Å². The Kier molecular flexibility index (Phi) is 5.48. The molecule has 2 aromatic heterocycles. The lowest BCUT2D eigenvalue weighted by molar-refractivity contribution is -0.575. The number of rotatable bonds is 4. The smallest absolute Gasteiger partial charge is 0.289 e. The van der Waals surface area contributed by atoms with Gasteiger partial charge >= 0.3 is 0 Å². The van der Waals surface area contributed by atoms with Crippen molar-refractivity contribution in [3.05, 3.63) is 81.8 Å². The normalized spacial score (nSPS) is 11.8. The van der Waals surface area contributed by atoms with Gasteiger partial charge in [-0.3, -0.25) is 0 Å². The molecule has 0 atom stereocenters. The zero-order chi connectivity index (χ0) is 17.8. The van der Waals surface area contributed by atoms with Crippen LogP contribution in [0, 0.1) is 6.92 Å². The fourth-order valence-corrected chi connectivity index (χ4v) is 3.50. The minimum absolute atomic E-state index is 0.128. The van der Waals surface area contributed by atoms with Gasteiger partial charge in [-0.15, -0.1) is 11.3 Å². The number of pyridine rings is 1. The number of aliphatic hydroxyl groups excluding tert-OH is 1. The van der Waals surface area contributed by atoms with Gasteiger partial charge in [0.15, 0.2) is 17.4 Å². The molecule has 25 heavy (non-hydrogen) atoms. The molecule has 0 fully saturated rings. The largest absolute Gasteiger partial charge is 0.501 e. The van der Waals surface area contributed by atoms with Crippen LogP contribution in [0.1, 0.15) is 10.4 Å². The molecule has 6 heteroatoms. The van der Waals surface area contributed by atoms with Crippen LogP contribution in [-0.2, 0) is 0 Å².